The van der Waals surface area contributed by atoms with Gasteiger partial charge in [0.1, 0.15) is 0 Å². The van der Waals surface area contributed by atoms with Crippen molar-refractivity contribution in [2.24, 2.45) is 5.92 Å². The molecule has 1 saturated carbocycles. The molecule has 0 unspecified atom stereocenters. The van der Waals surface area contributed by atoms with Crippen LogP contribution in [0.2, 0.25) is 0 Å². The average molecular weight is 176 g/mol. The van der Waals surface area contributed by atoms with E-state index in [-0.39, 0.29) is 0 Å². The van der Waals surface area contributed by atoms with E-state index in [2.05, 4.69) is 39.5 Å². The van der Waals surface area contributed by atoms with Gasteiger partial charge in [0.15, 0.2) is 0 Å². The minimum absolute atomic E-state index is 0.630. The van der Waals surface area contributed by atoms with Gasteiger partial charge in [0.25, 0.3) is 0 Å². The molecule has 0 aromatic rings. The Bertz CT molecular complexity index is 251. The lowest BCUT2D eigenvalue weighted by Gasteiger charge is -2.07. The molecule has 0 aromatic heterocycles. The van der Waals surface area contributed by atoms with Crippen LogP contribution in [0.5, 0.6) is 0 Å². The van der Waals surface area contributed by atoms with Gasteiger partial charge in [-0.2, -0.15) is 0 Å². The molecule has 0 saturated heterocycles. The van der Waals surface area contributed by atoms with E-state index >= 15 is 0 Å². The van der Waals surface area contributed by atoms with Crippen molar-refractivity contribution in [2.75, 3.05) is 0 Å². The summed E-state index contributed by atoms with van der Waals surface area (Å²) in [6, 6.07) is 0. The van der Waals surface area contributed by atoms with E-state index in [9.17, 15) is 0 Å². The van der Waals surface area contributed by atoms with Crippen molar-refractivity contribution in [2.45, 2.75) is 40.0 Å². The summed E-state index contributed by atoms with van der Waals surface area (Å²) in [6.45, 7) is 10.7. The zero-order valence-electron chi connectivity index (χ0n) is 9.06. The fourth-order valence-electron chi connectivity index (χ4n) is 1.79. The van der Waals surface area contributed by atoms with Gasteiger partial charge in [-0.05, 0) is 43.3 Å². The predicted molar refractivity (Wildman–Crippen MR) is 59.7 cm³/mol. The molecule has 1 fully saturated rings. The minimum atomic E-state index is 0.630. The van der Waals surface area contributed by atoms with E-state index in [1.54, 1.807) is 0 Å². The average Bonchev–Trinajstić information content (AvgIpc) is 2.46. The summed E-state index contributed by atoms with van der Waals surface area (Å²) >= 11 is 0. The summed E-state index contributed by atoms with van der Waals surface area (Å²) in [5.41, 5.74) is 4.26. The van der Waals surface area contributed by atoms with Crippen molar-refractivity contribution in [1.29, 1.82) is 0 Å². The fraction of sp³-hybridized carbons (Fsp3) is 0.538. The van der Waals surface area contributed by atoms with Crippen LogP contribution in [0.15, 0.2) is 35.5 Å². The molecule has 1 rings (SSSR count). The molecule has 0 nitrogen and oxygen atoms in total. The van der Waals surface area contributed by atoms with Crippen molar-refractivity contribution >= 4 is 0 Å². The Hall–Kier alpha value is -0.780. The van der Waals surface area contributed by atoms with Crippen LogP contribution >= 0.6 is 0 Å². The van der Waals surface area contributed by atoms with Crippen molar-refractivity contribution < 1.29 is 0 Å². The summed E-state index contributed by atoms with van der Waals surface area (Å²) in [7, 11) is 0. The third-order valence-electron chi connectivity index (χ3n) is 2.72. The third-order valence-corrected chi connectivity index (χ3v) is 2.72. The van der Waals surface area contributed by atoms with E-state index in [4.69, 9.17) is 0 Å². The first kappa shape index (κ1) is 10.3. The Morgan fingerprint density at radius 3 is 2.46 bits per heavy atom. The van der Waals surface area contributed by atoms with E-state index < -0.39 is 0 Å². The third kappa shape index (κ3) is 2.58. The van der Waals surface area contributed by atoms with Gasteiger partial charge < -0.3 is 0 Å². The highest BCUT2D eigenvalue weighted by molar-refractivity contribution is 5.38. The van der Waals surface area contributed by atoms with Crippen LogP contribution in [0.3, 0.4) is 0 Å². The Labute approximate surface area is 82.0 Å². The molecular weight excluding hydrogens is 156 g/mol. The summed E-state index contributed by atoms with van der Waals surface area (Å²) in [5, 5.41) is 0. The van der Waals surface area contributed by atoms with E-state index in [1.165, 1.54) is 36.0 Å². The highest BCUT2D eigenvalue weighted by Crippen LogP contribution is 2.30. The van der Waals surface area contributed by atoms with Crippen molar-refractivity contribution in [3.63, 3.8) is 0 Å². The van der Waals surface area contributed by atoms with Gasteiger partial charge in [-0.15, -0.1) is 0 Å². The standard InChI is InChI=1S/C13H20/c1-5-12(10(2)3)9-13-8-6-7-11(13)4/h5,9-10H,4,6-8H2,1-3H3/b12-5?,13-9-. The Morgan fingerprint density at radius 2 is 2.08 bits per heavy atom. The number of rotatable bonds is 2. The van der Waals surface area contributed by atoms with Gasteiger partial charge in [-0.3, -0.25) is 0 Å². The van der Waals surface area contributed by atoms with Gasteiger partial charge in [-0.25, -0.2) is 0 Å². The number of hydrogen-bond donors (Lipinski definition) is 0. The quantitative estimate of drug-likeness (QED) is 0.590. The lowest BCUT2D eigenvalue weighted by molar-refractivity contribution is 0.787. The maximum absolute atomic E-state index is 4.09. The van der Waals surface area contributed by atoms with Gasteiger partial charge in [0.2, 0.25) is 0 Å². The van der Waals surface area contributed by atoms with Crippen LogP contribution in [0.25, 0.3) is 0 Å². The monoisotopic (exact) mass is 176 g/mol. The van der Waals surface area contributed by atoms with Gasteiger partial charge in [0.05, 0.1) is 0 Å². The van der Waals surface area contributed by atoms with Crippen LogP contribution in [0.1, 0.15) is 40.0 Å². The SMILES string of the molecule is C=C1CCC/C1=C/C(=CC)C(C)C. The van der Waals surface area contributed by atoms with E-state index in [0.29, 0.717) is 5.92 Å². The van der Waals surface area contributed by atoms with Crippen molar-refractivity contribution in [3.8, 4) is 0 Å². The summed E-state index contributed by atoms with van der Waals surface area (Å²) < 4.78 is 0. The Balaban J connectivity index is 2.79. The Morgan fingerprint density at radius 1 is 1.38 bits per heavy atom. The summed E-state index contributed by atoms with van der Waals surface area (Å²) in [4.78, 5) is 0. The van der Waals surface area contributed by atoms with Crippen LogP contribution in [0.4, 0.5) is 0 Å². The predicted octanol–water partition coefficient (Wildman–Crippen LogP) is 4.26. The van der Waals surface area contributed by atoms with Crippen molar-refractivity contribution in [1.82, 2.24) is 0 Å². The van der Waals surface area contributed by atoms with Crippen LogP contribution in [-0.2, 0) is 0 Å². The second-order valence-corrected chi connectivity index (χ2v) is 4.07. The molecule has 0 spiro atoms. The second-order valence-electron chi connectivity index (χ2n) is 4.07. The molecule has 0 heterocycles. The molecule has 0 bridgehead atoms. The first-order chi connectivity index (χ1) is 6.15. The first-order valence-electron chi connectivity index (χ1n) is 5.20. The lowest BCUT2D eigenvalue weighted by atomic mass is 9.99. The van der Waals surface area contributed by atoms with Gasteiger partial charge >= 0.3 is 0 Å². The van der Waals surface area contributed by atoms with Crippen LogP contribution in [0, 0.1) is 5.92 Å². The lowest BCUT2D eigenvalue weighted by Crippen LogP contribution is -1.91. The zero-order chi connectivity index (χ0) is 9.84. The van der Waals surface area contributed by atoms with E-state index in [0.717, 1.165) is 0 Å². The highest BCUT2D eigenvalue weighted by Gasteiger charge is 2.11. The largest absolute Gasteiger partial charge is 0.0956 e. The zero-order valence-corrected chi connectivity index (χ0v) is 9.06. The van der Waals surface area contributed by atoms with Crippen LogP contribution in [-0.4, -0.2) is 0 Å². The van der Waals surface area contributed by atoms with Gasteiger partial charge in [-0.1, -0.05) is 38.2 Å². The molecule has 1 aliphatic rings. The van der Waals surface area contributed by atoms with Crippen molar-refractivity contribution in [3.05, 3.63) is 35.5 Å². The maximum atomic E-state index is 4.09. The first-order valence-corrected chi connectivity index (χ1v) is 5.20. The van der Waals surface area contributed by atoms with Crippen LogP contribution < -0.4 is 0 Å². The molecule has 0 aromatic carbocycles. The molecule has 72 valence electrons. The normalized spacial score (nSPS) is 22.0. The minimum Gasteiger partial charge on any atom is -0.0956 e. The molecule has 0 aliphatic heterocycles. The Kier molecular flexibility index (Phi) is 3.53. The fourth-order valence-corrected chi connectivity index (χ4v) is 1.79. The number of hydrogen-bond acceptors (Lipinski definition) is 0. The summed E-state index contributed by atoms with van der Waals surface area (Å²) in [6.07, 6.45) is 8.26. The molecular formula is C13H20. The number of allylic oxidation sites excluding steroid dienone is 5. The van der Waals surface area contributed by atoms with Gasteiger partial charge in [0, 0.05) is 0 Å². The second kappa shape index (κ2) is 4.45. The molecule has 0 N–H and O–H groups in total. The molecule has 1 aliphatic carbocycles. The molecule has 0 atom stereocenters. The summed E-state index contributed by atoms with van der Waals surface area (Å²) in [5.74, 6) is 0.630. The molecule has 0 heteroatoms. The molecule has 0 radical (unpaired) electrons. The molecule has 0 amide bonds. The highest BCUT2D eigenvalue weighted by atomic mass is 14.2. The topological polar surface area (TPSA) is 0 Å². The molecule has 13 heavy (non-hydrogen) atoms. The maximum Gasteiger partial charge on any atom is -0.0222 e. The van der Waals surface area contributed by atoms with E-state index in [1.807, 2.05) is 0 Å². The smallest absolute Gasteiger partial charge is 0.0222 e.